The number of thiazole rings is 1. The molecule has 0 spiro atoms. The predicted molar refractivity (Wildman–Crippen MR) is 161 cm³/mol. The Kier molecular flexibility index (Phi) is 8.57. The first-order valence-electron chi connectivity index (χ1n) is 13.5. The molecule has 1 aliphatic heterocycles. The summed E-state index contributed by atoms with van der Waals surface area (Å²) in [6, 6.07) is 16.1. The van der Waals surface area contributed by atoms with Gasteiger partial charge in [0.25, 0.3) is 5.91 Å². The molecular weight excluding hydrogens is 522 g/mol. The normalized spacial score (nSPS) is 13.8. The van der Waals surface area contributed by atoms with E-state index >= 15 is 0 Å². The number of likely N-dealkylation sites (N-methyl/N-ethyl adjacent to an activating group) is 1. The number of carbonyl (C=O) groups is 1. The van der Waals surface area contributed by atoms with Gasteiger partial charge in [-0.3, -0.25) is 4.79 Å². The Morgan fingerprint density at radius 3 is 2.52 bits per heavy atom. The number of aromatic nitrogens is 3. The maximum Gasteiger partial charge on any atom is 0.260 e. The fourth-order valence-electron chi connectivity index (χ4n) is 4.65. The maximum atomic E-state index is 12.5. The van der Waals surface area contributed by atoms with Crippen molar-refractivity contribution in [2.45, 2.75) is 20.3 Å². The molecule has 4 aromatic rings. The van der Waals surface area contributed by atoms with Crippen molar-refractivity contribution in [2.24, 2.45) is 0 Å². The molecule has 9 nitrogen and oxygen atoms in total. The van der Waals surface area contributed by atoms with Crippen molar-refractivity contribution in [3.63, 3.8) is 0 Å². The Labute approximate surface area is 239 Å². The minimum absolute atomic E-state index is 0.0315. The number of ether oxygens (including phenoxy) is 1. The molecule has 5 rings (SSSR count). The number of amides is 1. The Morgan fingerprint density at radius 2 is 1.80 bits per heavy atom. The molecule has 2 N–H and O–H groups in total. The number of carbonyl (C=O) groups excluding carboxylic acids is 1. The molecule has 0 aliphatic carbocycles. The van der Waals surface area contributed by atoms with Crippen LogP contribution in [0.3, 0.4) is 0 Å². The third-order valence-corrected chi connectivity index (χ3v) is 7.85. The van der Waals surface area contributed by atoms with Crippen LogP contribution in [0, 0.1) is 6.92 Å². The van der Waals surface area contributed by atoms with Crippen LogP contribution in [0.2, 0.25) is 0 Å². The number of piperazine rings is 1. The zero-order valence-electron chi connectivity index (χ0n) is 23.2. The quantitative estimate of drug-likeness (QED) is 0.312. The van der Waals surface area contributed by atoms with Gasteiger partial charge in [-0.2, -0.15) is 0 Å². The Balaban J connectivity index is 1.31. The number of nitrogens with zero attached hydrogens (tertiary/aromatic N) is 6. The van der Waals surface area contributed by atoms with Gasteiger partial charge in [0, 0.05) is 50.0 Å². The zero-order valence-corrected chi connectivity index (χ0v) is 24.0. The fraction of sp³-hybridized carbons (Fsp3) is 0.333. The van der Waals surface area contributed by atoms with Gasteiger partial charge in [-0.15, -0.1) is 11.3 Å². The third kappa shape index (κ3) is 6.40. The van der Waals surface area contributed by atoms with Gasteiger partial charge >= 0.3 is 0 Å². The summed E-state index contributed by atoms with van der Waals surface area (Å²) in [5, 5.41) is 2.86. The summed E-state index contributed by atoms with van der Waals surface area (Å²) in [5.74, 6) is 1.66. The molecule has 0 bridgehead atoms. The molecule has 0 unspecified atom stereocenters. The van der Waals surface area contributed by atoms with Crippen LogP contribution in [-0.4, -0.2) is 77.0 Å². The molecule has 10 heteroatoms. The number of hydrogen-bond donors (Lipinski definition) is 1. The van der Waals surface area contributed by atoms with Gasteiger partial charge in [-0.1, -0.05) is 31.2 Å². The minimum atomic E-state index is 0.0315. The van der Waals surface area contributed by atoms with Crippen LogP contribution in [0.1, 0.15) is 18.9 Å². The number of nitrogens with two attached hydrogens (primary N) is 1. The van der Waals surface area contributed by atoms with Crippen LogP contribution in [0.4, 0.5) is 16.6 Å². The Bertz CT molecular complexity index is 1450. The summed E-state index contributed by atoms with van der Waals surface area (Å²) in [6.07, 6.45) is 2.61. The van der Waals surface area contributed by atoms with Crippen LogP contribution < -0.4 is 15.4 Å². The van der Waals surface area contributed by atoms with Crippen LogP contribution in [-0.2, 0) is 4.79 Å². The Hall–Kier alpha value is -4.02. The van der Waals surface area contributed by atoms with Crippen LogP contribution in [0.5, 0.6) is 5.75 Å². The number of hydrogen-bond acceptors (Lipinski definition) is 9. The van der Waals surface area contributed by atoms with Crippen LogP contribution in [0.25, 0.3) is 22.6 Å². The van der Waals surface area contributed by atoms with Crippen LogP contribution in [0.15, 0.2) is 60.1 Å². The number of rotatable bonds is 9. The van der Waals surface area contributed by atoms with Gasteiger partial charge < -0.3 is 25.2 Å². The lowest BCUT2D eigenvalue weighted by atomic mass is 10.0. The molecule has 1 amide bonds. The number of benzene rings is 2. The van der Waals surface area contributed by atoms with Gasteiger partial charge in [-0.05, 0) is 61.3 Å². The molecule has 2 aromatic heterocycles. The van der Waals surface area contributed by atoms with Crippen molar-refractivity contribution in [2.75, 3.05) is 57.0 Å². The van der Waals surface area contributed by atoms with E-state index in [4.69, 9.17) is 15.5 Å². The molecular formula is C30H35N7O2S. The highest BCUT2D eigenvalue weighted by atomic mass is 32.1. The highest BCUT2D eigenvalue weighted by Gasteiger charge is 2.20. The lowest BCUT2D eigenvalue weighted by Gasteiger charge is -2.32. The van der Waals surface area contributed by atoms with Crippen molar-refractivity contribution in [3.05, 3.63) is 65.7 Å². The molecule has 3 heterocycles. The fourth-order valence-corrected chi connectivity index (χ4v) is 5.49. The molecule has 1 fully saturated rings. The van der Waals surface area contributed by atoms with Gasteiger partial charge in [0.2, 0.25) is 0 Å². The topological polar surface area (TPSA) is 101 Å². The smallest absolute Gasteiger partial charge is 0.260 e. The van der Waals surface area contributed by atoms with Gasteiger partial charge in [0.15, 0.2) is 17.6 Å². The monoisotopic (exact) mass is 557 g/mol. The average molecular weight is 558 g/mol. The van der Waals surface area contributed by atoms with E-state index in [-0.39, 0.29) is 12.5 Å². The zero-order chi connectivity index (χ0) is 28.1. The highest BCUT2D eigenvalue weighted by molar-refractivity contribution is 7.14. The molecule has 208 valence electrons. The summed E-state index contributed by atoms with van der Waals surface area (Å²) in [4.78, 5) is 32.4. The summed E-state index contributed by atoms with van der Waals surface area (Å²) < 4.78 is 5.82. The van der Waals surface area contributed by atoms with Crippen molar-refractivity contribution in [1.82, 2.24) is 24.8 Å². The van der Waals surface area contributed by atoms with Gasteiger partial charge in [-0.25, -0.2) is 15.0 Å². The number of nitrogen functional groups attached to an aromatic ring is 1. The summed E-state index contributed by atoms with van der Waals surface area (Å²) in [6.45, 7) is 8.45. The van der Waals surface area contributed by atoms with E-state index in [0.29, 0.717) is 23.1 Å². The first kappa shape index (κ1) is 27.5. The molecule has 0 atom stereocenters. The first-order chi connectivity index (χ1) is 19.4. The molecule has 2 aromatic carbocycles. The standard InChI is InChI=1S/C30H35N7O2S/c1-4-13-37(30-33-25(20-40-30)29-32-12-11-27(31)34-29)26-18-23(6-5-21(26)2)22-7-9-24(10-8-22)39-19-28(38)36-16-14-35(3)15-17-36/h5-12,18,20H,4,13-17,19H2,1-3H3,(H2,31,32,34). The lowest BCUT2D eigenvalue weighted by molar-refractivity contribution is -0.134. The van der Waals surface area contributed by atoms with E-state index in [2.05, 4.69) is 58.9 Å². The second-order valence-corrected chi connectivity index (χ2v) is 10.8. The first-order valence-corrected chi connectivity index (χ1v) is 14.4. The maximum absolute atomic E-state index is 12.5. The molecule has 1 saturated heterocycles. The number of anilines is 3. The SMILES string of the molecule is CCCN(c1nc(-c2nccc(N)n2)cs1)c1cc(-c2ccc(OCC(=O)N3CCN(C)CC3)cc2)ccc1C. The molecule has 40 heavy (non-hydrogen) atoms. The van der Waals surface area contributed by atoms with E-state index in [1.807, 2.05) is 34.5 Å². The third-order valence-electron chi connectivity index (χ3n) is 6.98. The minimum Gasteiger partial charge on any atom is -0.484 e. The van der Waals surface area contributed by atoms with Crippen molar-refractivity contribution in [3.8, 4) is 28.4 Å². The average Bonchev–Trinajstić information content (AvgIpc) is 3.46. The highest BCUT2D eigenvalue weighted by Crippen LogP contribution is 2.36. The van der Waals surface area contributed by atoms with Gasteiger partial charge in [0.1, 0.15) is 17.3 Å². The molecule has 0 radical (unpaired) electrons. The lowest BCUT2D eigenvalue weighted by Crippen LogP contribution is -2.48. The van der Waals surface area contributed by atoms with E-state index in [1.54, 1.807) is 23.6 Å². The predicted octanol–water partition coefficient (Wildman–Crippen LogP) is 4.86. The molecule has 0 saturated carbocycles. The Morgan fingerprint density at radius 1 is 1.05 bits per heavy atom. The molecule has 1 aliphatic rings. The second kappa shape index (κ2) is 12.4. The van der Waals surface area contributed by atoms with Crippen LogP contribution >= 0.6 is 11.3 Å². The summed E-state index contributed by atoms with van der Waals surface area (Å²) in [7, 11) is 2.07. The van der Waals surface area contributed by atoms with Crippen molar-refractivity contribution in [1.29, 1.82) is 0 Å². The van der Waals surface area contributed by atoms with E-state index in [1.165, 1.54) is 0 Å². The second-order valence-electron chi connectivity index (χ2n) is 9.97. The number of aryl methyl sites for hydroxylation is 1. The van der Waals surface area contributed by atoms with E-state index < -0.39 is 0 Å². The van der Waals surface area contributed by atoms with E-state index in [0.717, 1.165) is 66.7 Å². The summed E-state index contributed by atoms with van der Waals surface area (Å²) >= 11 is 1.57. The van der Waals surface area contributed by atoms with Crippen molar-refractivity contribution >= 4 is 33.9 Å². The van der Waals surface area contributed by atoms with E-state index in [9.17, 15) is 4.79 Å². The summed E-state index contributed by atoms with van der Waals surface area (Å²) in [5.41, 5.74) is 11.0. The van der Waals surface area contributed by atoms with Gasteiger partial charge in [0.05, 0.1) is 0 Å². The van der Waals surface area contributed by atoms with Crippen molar-refractivity contribution < 1.29 is 9.53 Å². The largest absolute Gasteiger partial charge is 0.484 e.